The van der Waals surface area contributed by atoms with E-state index in [0.717, 1.165) is 43.0 Å². The highest BCUT2D eigenvalue weighted by atomic mass is 16.5. The minimum atomic E-state index is -0.996. The number of methoxy groups -OCH3 is 1. The number of anilines is 2. The summed E-state index contributed by atoms with van der Waals surface area (Å²) in [7, 11) is 3.82. The molecule has 1 amide bonds. The van der Waals surface area contributed by atoms with Crippen molar-refractivity contribution in [3.63, 3.8) is 0 Å². The second kappa shape index (κ2) is 12.0. The molecule has 2 aromatic carbocycles. The van der Waals surface area contributed by atoms with E-state index in [1.165, 1.54) is 21.4 Å². The maximum Gasteiger partial charge on any atom is 0.407 e. The largest absolute Gasteiger partial charge is 0.465 e. The molecule has 1 N–H and O–H groups in total. The summed E-state index contributed by atoms with van der Waals surface area (Å²) in [4.78, 5) is 29.8. The Morgan fingerprint density at radius 1 is 1.07 bits per heavy atom. The molecule has 0 radical (unpaired) electrons. The minimum Gasteiger partial charge on any atom is -0.465 e. The van der Waals surface area contributed by atoms with Crippen LogP contribution in [0.5, 0.6) is 6.01 Å². The van der Waals surface area contributed by atoms with Gasteiger partial charge in [0.15, 0.2) is 0 Å². The number of benzene rings is 2. The van der Waals surface area contributed by atoms with Crippen LogP contribution < -0.4 is 14.5 Å². The van der Waals surface area contributed by atoms with E-state index in [0.29, 0.717) is 38.8 Å². The lowest BCUT2D eigenvalue weighted by atomic mass is 10.0. The van der Waals surface area contributed by atoms with Crippen molar-refractivity contribution in [3.05, 3.63) is 53.7 Å². The molecule has 11 nitrogen and oxygen atoms in total. The van der Waals surface area contributed by atoms with E-state index in [9.17, 15) is 15.2 Å². The number of aromatic nitrogens is 2. The molecule has 0 spiro atoms. The second-order valence-electron chi connectivity index (χ2n) is 11.4. The van der Waals surface area contributed by atoms with E-state index in [-0.39, 0.29) is 18.6 Å². The van der Waals surface area contributed by atoms with Crippen molar-refractivity contribution < 1.29 is 19.4 Å². The summed E-state index contributed by atoms with van der Waals surface area (Å²) in [5, 5.41) is 21.5. The normalized spacial score (nSPS) is 22.7. The Labute approximate surface area is 245 Å². The summed E-state index contributed by atoms with van der Waals surface area (Å²) >= 11 is 0. The van der Waals surface area contributed by atoms with Crippen LogP contribution in [0.3, 0.4) is 0 Å². The molecule has 2 fully saturated rings. The Hall–Kier alpha value is -4.14. The number of likely N-dealkylation sites (tertiary alicyclic amines) is 1. The number of fused-ring (bicyclic) bond motifs is 2. The van der Waals surface area contributed by atoms with Crippen molar-refractivity contribution in [1.82, 2.24) is 19.8 Å². The van der Waals surface area contributed by atoms with E-state index in [4.69, 9.17) is 19.4 Å². The summed E-state index contributed by atoms with van der Waals surface area (Å²) in [6.45, 7) is 3.92. The van der Waals surface area contributed by atoms with E-state index in [2.05, 4.69) is 70.3 Å². The van der Waals surface area contributed by atoms with Crippen molar-refractivity contribution >= 4 is 28.4 Å². The molecular weight excluding hydrogens is 534 g/mol. The fourth-order valence-corrected chi connectivity index (χ4v) is 6.55. The van der Waals surface area contributed by atoms with Crippen LogP contribution >= 0.6 is 0 Å². The molecule has 2 saturated heterocycles. The average molecular weight is 572 g/mol. The highest BCUT2D eigenvalue weighted by molar-refractivity contribution is 5.94. The number of amides is 1. The zero-order valence-electron chi connectivity index (χ0n) is 24.1. The molecule has 0 aliphatic carbocycles. The molecule has 11 heteroatoms. The summed E-state index contributed by atoms with van der Waals surface area (Å²) < 4.78 is 11.8. The molecule has 1 unspecified atom stereocenters. The molecule has 3 atom stereocenters. The fourth-order valence-electron chi connectivity index (χ4n) is 6.55. The Morgan fingerprint density at radius 3 is 2.69 bits per heavy atom. The topological polar surface area (TPSA) is 118 Å². The molecule has 0 saturated carbocycles. The lowest BCUT2D eigenvalue weighted by Crippen LogP contribution is -2.55. The Morgan fingerprint density at radius 2 is 1.90 bits per heavy atom. The van der Waals surface area contributed by atoms with Gasteiger partial charge in [-0.2, -0.15) is 15.2 Å². The van der Waals surface area contributed by atoms with Crippen LogP contribution in [0.1, 0.15) is 24.1 Å². The standard InChI is InChI=1S/C31H37N7O4/c1-35-18-24(41-2)16-23(35)20-42-30-33-27-19-36(28-9-5-7-21-6-3-4-8-25(21)28)13-11-26(27)29(34-30)37-14-15-38(31(39)40)22(17-37)10-12-32/h3-9,22-24H,10-11,13-20H2,1-2H3,(H,39,40)/t22?,23-,24+/m0/s1. The third-order valence-corrected chi connectivity index (χ3v) is 8.87. The quantitative estimate of drug-likeness (QED) is 0.452. The fraction of sp³-hybridized carbons (Fsp3) is 0.484. The molecule has 1 aromatic heterocycles. The van der Waals surface area contributed by atoms with Crippen molar-refractivity contribution in [1.29, 1.82) is 5.26 Å². The number of hydrogen-bond acceptors (Lipinski definition) is 9. The van der Waals surface area contributed by atoms with Gasteiger partial charge in [-0.05, 0) is 31.3 Å². The minimum absolute atomic E-state index is 0.128. The SMILES string of the molecule is CO[C@@H]1C[C@@H](COc2nc3c(c(N4CCN(C(=O)O)C(CC#N)C4)n2)CCN(c2cccc4ccccc24)C3)N(C)C1. The highest BCUT2D eigenvalue weighted by Crippen LogP contribution is 2.35. The van der Waals surface area contributed by atoms with Crippen LogP contribution in [0, 0.1) is 11.3 Å². The van der Waals surface area contributed by atoms with Gasteiger partial charge in [-0.1, -0.05) is 36.4 Å². The van der Waals surface area contributed by atoms with E-state index < -0.39 is 12.1 Å². The highest BCUT2D eigenvalue weighted by Gasteiger charge is 2.35. The average Bonchev–Trinajstić information content (AvgIpc) is 3.38. The van der Waals surface area contributed by atoms with Gasteiger partial charge in [0.05, 0.1) is 36.9 Å². The number of nitriles is 1. The summed E-state index contributed by atoms with van der Waals surface area (Å²) in [5.74, 6) is 0.787. The number of ether oxygens (including phenoxy) is 2. The summed E-state index contributed by atoms with van der Waals surface area (Å²) in [5.41, 5.74) is 3.15. The molecule has 3 aromatic rings. The predicted molar refractivity (Wildman–Crippen MR) is 159 cm³/mol. The zero-order chi connectivity index (χ0) is 29.2. The first kappa shape index (κ1) is 28.0. The number of likely N-dealkylation sites (N-methyl/N-ethyl adjacent to an activating group) is 1. The number of carboxylic acid groups (broad SMARTS) is 1. The van der Waals surface area contributed by atoms with Crippen LogP contribution in [-0.4, -0.2) is 103 Å². The first-order valence-electron chi connectivity index (χ1n) is 14.5. The Balaban J connectivity index is 1.32. The maximum absolute atomic E-state index is 11.8. The van der Waals surface area contributed by atoms with Gasteiger partial charge in [0.25, 0.3) is 0 Å². The summed E-state index contributed by atoms with van der Waals surface area (Å²) in [6.07, 6.45) is 0.942. The molecule has 0 bridgehead atoms. The number of rotatable bonds is 7. The van der Waals surface area contributed by atoms with E-state index in [1.54, 1.807) is 7.11 Å². The van der Waals surface area contributed by atoms with E-state index >= 15 is 0 Å². The predicted octanol–water partition coefficient (Wildman–Crippen LogP) is 3.37. The number of hydrogen-bond donors (Lipinski definition) is 1. The lowest BCUT2D eigenvalue weighted by molar-refractivity contribution is 0.111. The molecule has 220 valence electrons. The van der Waals surface area contributed by atoms with Gasteiger partial charge in [-0.3, -0.25) is 4.90 Å². The van der Waals surface area contributed by atoms with Gasteiger partial charge in [-0.25, -0.2) is 4.79 Å². The summed E-state index contributed by atoms with van der Waals surface area (Å²) in [6, 6.07) is 17.1. The lowest BCUT2D eigenvalue weighted by Gasteiger charge is -2.41. The van der Waals surface area contributed by atoms with Crippen molar-refractivity contribution in [2.24, 2.45) is 0 Å². The van der Waals surface area contributed by atoms with Crippen molar-refractivity contribution in [2.75, 3.05) is 63.3 Å². The number of piperazine rings is 1. The third kappa shape index (κ3) is 5.52. The van der Waals surface area contributed by atoms with Crippen molar-refractivity contribution in [3.8, 4) is 12.1 Å². The monoisotopic (exact) mass is 571 g/mol. The first-order chi connectivity index (χ1) is 20.4. The van der Waals surface area contributed by atoms with Crippen molar-refractivity contribution in [2.45, 2.75) is 44.0 Å². The van der Waals surface area contributed by atoms with Gasteiger partial charge < -0.3 is 29.3 Å². The third-order valence-electron chi connectivity index (χ3n) is 8.87. The molecule has 6 rings (SSSR count). The molecule has 3 aliphatic heterocycles. The van der Waals surface area contributed by atoms with Gasteiger partial charge in [-0.15, -0.1) is 0 Å². The van der Waals surface area contributed by atoms with Gasteiger partial charge >= 0.3 is 12.1 Å². The molecular formula is C31H37N7O4. The molecule has 42 heavy (non-hydrogen) atoms. The smallest absolute Gasteiger partial charge is 0.407 e. The van der Waals surface area contributed by atoms with E-state index in [1.807, 2.05) is 0 Å². The first-order valence-corrected chi connectivity index (χ1v) is 14.5. The molecule has 3 aliphatic rings. The Kier molecular flexibility index (Phi) is 8.00. The zero-order valence-corrected chi connectivity index (χ0v) is 24.1. The van der Waals surface area contributed by atoms with Crippen LogP contribution in [0.4, 0.5) is 16.3 Å². The van der Waals surface area contributed by atoms with Crippen LogP contribution in [0.2, 0.25) is 0 Å². The maximum atomic E-state index is 11.8. The molecule has 4 heterocycles. The number of nitrogens with zero attached hydrogens (tertiary/aromatic N) is 7. The van der Waals surface area contributed by atoms with Crippen LogP contribution in [0.25, 0.3) is 10.8 Å². The van der Waals surface area contributed by atoms with Crippen LogP contribution in [-0.2, 0) is 17.7 Å². The van der Waals surface area contributed by atoms with Gasteiger partial charge in [0.2, 0.25) is 0 Å². The van der Waals surface area contributed by atoms with Crippen LogP contribution in [0.15, 0.2) is 42.5 Å². The second-order valence-corrected chi connectivity index (χ2v) is 11.4. The van der Waals surface area contributed by atoms with Gasteiger partial charge in [0.1, 0.15) is 12.4 Å². The number of carbonyl (C=O) groups is 1. The Bertz CT molecular complexity index is 1490. The van der Waals surface area contributed by atoms with Gasteiger partial charge in [0, 0.05) is 62.5 Å².